The first kappa shape index (κ1) is 18.7. The van der Waals surface area contributed by atoms with E-state index >= 15 is 0 Å². The summed E-state index contributed by atoms with van der Waals surface area (Å²) in [5, 5.41) is 2.97. The van der Waals surface area contributed by atoms with Gasteiger partial charge in [0.15, 0.2) is 0 Å². The highest BCUT2D eigenvalue weighted by Gasteiger charge is 2.25. The molecule has 0 unspecified atom stereocenters. The summed E-state index contributed by atoms with van der Waals surface area (Å²) in [6.07, 6.45) is 0. The number of nitrogens with two attached hydrogens (primary N) is 1. The first-order chi connectivity index (χ1) is 12.9. The fourth-order valence-electron chi connectivity index (χ4n) is 2.94. The standard InChI is InChI=1S/C19H19ClN4O3/c20-15-3-1-2-14(12-15)18(26)24-10-8-23(9-11-24)17(25)13-4-6-16(7-5-13)22-19(21)27/h1-7,12H,8-11H2,(H3,21,22,27). The molecule has 2 aromatic carbocycles. The molecular formula is C19H19ClN4O3. The summed E-state index contributed by atoms with van der Waals surface area (Å²) in [6, 6.07) is 12.7. The van der Waals surface area contributed by atoms with E-state index in [1.54, 1.807) is 58.3 Å². The van der Waals surface area contributed by atoms with Crippen LogP contribution in [0.3, 0.4) is 0 Å². The molecule has 2 aromatic rings. The molecule has 0 spiro atoms. The molecule has 7 nitrogen and oxygen atoms in total. The van der Waals surface area contributed by atoms with E-state index in [4.69, 9.17) is 17.3 Å². The van der Waals surface area contributed by atoms with Gasteiger partial charge in [0.1, 0.15) is 0 Å². The molecule has 4 amide bonds. The fraction of sp³-hybridized carbons (Fsp3) is 0.211. The van der Waals surface area contributed by atoms with Gasteiger partial charge in [-0.3, -0.25) is 9.59 Å². The Kier molecular flexibility index (Phi) is 5.61. The summed E-state index contributed by atoms with van der Waals surface area (Å²) in [7, 11) is 0. The van der Waals surface area contributed by atoms with E-state index < -0.39 is 6.03 Å². The molecule has 0 radical (unpaired) electrons. The summed E-state index contributed by atoms with van der Waals surface area (Å²) in [6.45, 7) is 1.82. The lowest BCUT2D eigenvalue weighted by Gasteiger charge is -2.35. The number of primary amides is 1. The first-order valence-electron chi connectivity index (χ1n) is 8.44. The van der Waals surface area contributed by atoms with E-state index in [2.05, 4.69) is 5.32 Å². The van der Waals surface area contributed by atoms with Gasteiger partial charge in [0.2, 0.25) is 0 Å². The Balaban J connectivity index is 1.59. The molecule has 1 fully saturated rings. The highest BCUT2D eigenvalue weighted by Crippen LogP contribution is 2.16. The average molecular weight is 387 g/mol. The average Bonchev–Trinajstić information content (AvgIpc) is 2.67. The van der Waals surface area contributed by atoms with E-state index in [0.29, 0.717) is 48.0 Å². The van der Waals surface area contributed by atoms with Crippen molar-refractivity contribution in [1.82, 2.24) is 9.80 Å². The van der Waals surface area contributed by atoms with Gasteiger partial charge < -0.3 is 20.9 Å². The molecule has 1 aliphatic heterocycles. The molecule has 1 heterocycles. The van der Waals surface area contributed by atoms with Crippen molar-refractivity contribution in [3.63, 3.8) is 0 Å². The zero-order valence-corrected chi connectivity index (χ0v) is 15.3. The highest BCUT2D eigenvalue weighted by atomic mass is 35.5. The van der Waals surface area contributed by atoms with Gasteiger partial charge >= 0.3 is 6.03 Å². The minimum atomic E-state index is -0.658. The normalized spacial score (nSPS) is 14.0. The van der Waals surface area contributed by atoms with Gasteiger partial charge in [0.05, 0.1) is 0 Å². The third-order valence-electron chi connectivity index (χ3n) is 4.33. The van der Waals surface area contributed by atoms with Crippen LogP contribution < -0.4 is 11.1 Å². The Morgan fingerprint density at radius 1 is 0.852 bits per heavy atom. The summed E-state index contributed by atoms with van der Waals surface area (Å²) in [5.74, 6) is -0.207. The van der Waals surface area contributed by atoms with Crippen LogP contribution in [0.5, 0.6) is 0 Å². The second-order valence-corrected chi connectivity index (χ2v) is 6.60. The molecule has 0 aliphatic carbocycles. The molecule has 27 heavy (non-hydrogen) atoms. The zero-order valence-electron chi connectivity index (χ0n) is 14.5. The highest BCUT2D eigenvalue weighted by molar-refractivity contribution is 6.30. The van der Waals surface area contributed by atoms with Crippen LogP contribution >= 0.6 is 11.6 Å². The number of hydrogen-bond acceptors (Lipinski definition) is 3. The number of rotatable bonds is 3. The van der Waals surface area contributed by atoms with E-state index in [1.165, 1.54) is 0 Å². The lowest BCUT2D eigenvalue weighted by Crippen LogP contribution is -2.50. The number of amides is 4. The monoisotopic (exact) mass is 386 g/mol. The number of nitrogens with one attached hydrogen (secondary N) is 1. The third kappa shape index (κ3) is 4.57. The molecule has 0 aromatic heterocycles. The van der Waals surface area contributed by atoms with Gasteiger partial charge in [-0.1, -0.05) is 17.7 Å². The molecule has 1 aliphatic rings. The molecule has 3 rings (SSSR count). The van der Waals surface area contributed by atoms with Crippen LogP contribution in [-0.4, -0.2) is 53.8 Å². The van der Waals surface area contributed by atoms with Crippen LogP contribution in [0.4, 0.5) is 10.5 Å². The number of carbonyl (C=O) groups is 3. The molecule has 0 bridgehead atoms. The maximum atomic E-state index is 12.6. The molecule has 3 N–H and O–H groups in total. The number of halogens is 1. The van der Waals surface area contributed by atoms with E-state index in [1.807, 2.05) is 0 Å². The van der Waals surface area contributed by atoms with Crippen LogP contribution in [0, 0.1) is 0 Å². The first-order valence-corrected chi connectivity index (χ1v) is 8.82. The van der Waals surface area contributed by atoms with E-state index in [-0.39, 0.29) is 11.8 Å². The molecule has 0 atom stereocenters. The number of urea groups is 1. The number of anilines is 1. The molecule has 140 valence electrons. The fourth-order valence-corrected chi connectivity index (χ4v) is 3.13. The maximum absolute atomic E-state index is 12.6. The van der Waals surface area contributed by atoms with Crippen molar-refractivity contribution in [2.75, 3.05) is 31.5 Å². The quantitative estimate of drug-likeness (QED) is 0.847. The summed E-state index contributed by atoms with van der Waals surface area (Å²) in [5.41, 5.74) is 6.64. The molecule has 1 saturated heterocycles. The number of benzene rings is 2. The van der Waals surface area contributed by atoms with Crippen LogP contribution in [0.25, 0.3) is 0 Å². The second kappa shape index (κ2) is 8.09. The van der Waals surface area contributed by atoms with Crippen molar-refractivity contribution in [1.29, 1.82) is 0 Å². The lowest BCUT2D eigenvalue weighted by atomic mass is 10.1. The maximum Gasteiger partial charge on any atom is 0.316 e. The van der Waals surface area contributed by atoms with Gasteiger partial charge in [-0.25, -0.2) is 4.79 Å². The van der Waals surface area contributed by atoms with Gasteiger partial charge in [-0.2, -0.15) is 0 Å². The number of nitrogens with zero attached hydrogens (tertiary/aromatic N) is 2. The summed E-state index contributed by atoms with van der Waals surface area (Å²) in [4.78, 5) is 39.4. The summed E-state index contributed by atoms with van der Waals surface area (Å²) >= 11 is 5.95. The Hall–Kier alpha value is -3.06. The second-order valence-electron chi connectivity index (χ2n) is 6.16. The Morgan fingerprint density at radius 3 is 1.93 bits per heavy atom. The van der Waals surface area contributed by atoms with Crippen LogP contribution in [0.15, 0.2) is 48.5 Å². The third-order valence-corrected chi connectivity index (χ3v) is 4.56. The van der Waals surface area contributed by atoms with Gasteiger partial charge in [-0.05, 0) is 42.5 Å². The summed E-state index contributed by atoms with van der Waals surface area (Å²) < 4.78 is 0. The van der Waals surface area contributed by atoms with Crippen molar-refractivity contribution < 1.29 is 14.4 Å². The Morgan fingerprint density at radius 2 is 1.41 bits per heavy atom. The molecule has 0 saturated carbocycles. The van der Waals surface area contributed by atoms with Gasteiger partial charge in [0, 0.05) is 48.0 Å². The van der Waals surface area contributed by atoms with E-state index in [0.717, 1.165) is 0 Å². The number of carbonyl (C=O) groups excluding carboxylic acids is 3. The minimum absolute atomic E-state index is 0.0912. The van der Waals surface area contributed by atoms with Gasteiger partial charge in [-0.15, -0.1) is 0 Å². The van der Waals surface area contributed by atoms with Crippen molar-refractivity contribution in [3.05, 3.63) is 64.7 Å². The van der Waals surface area contributed by atoms with Crippen molar-refractivity contribution in [2.45, 2.75) is 0 Å². The van der Waals surface area contributed by atoms with Crippen molar-refractivity contribution >= 4 is 35.1 Å². The van der Waals surface area contributed by atoms with Crippen LogP contribution in [0.2, 0.25) is 5.02 Å². The zero-order chi connectivity index (χ0) is 19.4. The van der Waals surface area contributed by atoms with Crippen LogP contribution in [0.1, 0.15) is 20.7 Å². The largest absolute Gasteiger partial charge is 0.351 e. The smallest absolute Gasteiger partial charge is 0.316 e. The Labute approximate surface area is 161 Å². The Bertz CT molecular complexity index is 862. The SMILES string of the molecule is NC(=O)Nc1ccc(C(=O)N2CCN(C(=O)c3cccc(Cl)c3)CC2)cc1. The topological polar surface area (TPSA) is 95.7 Å². The predicted molar refractivity (Wildman–Crippen MR) is 103 cm³/mol. The van der Waals surface area contributed by atoms with Gasteiger partial charge in [0.25, 0.3) is 11.8 Å². The number of hydrogen-bond donors (Lipinski definition) is 2. The number of piperazine rings is 1. The van der Waals surface area contributed by atoms with E-state index in [9.17, 15) is 14.4 Å². The van der Waals surface area contributed by atoms with Crippen molar-refractivity contribution in [3.8, 4) is 0 Å². The van der Waals surface area contributed by atoms with Crippen LogP contribution in [-0.2, 0) is 0 Å². The van der Waals surface area contributed by atoms with Crippen molar-refractivity contribution in [2.24, 2.45) is 5.73 Å². The minimum Gasteiger partial charge on any atom is -0.351 e. The molecular weight excluding hydrogens is 368 g/mol. The lowest BCUT2D eigenvalue weighted by molar-refractivity contribution is 0.0535. The molecule has 8 heteroatoms. The predicted octanol–water partition coefficient (Wildman–Crippen LogP) is 2.43.